The fourth-order valence-corrected chi connectivity index (χ4v) is 4.98. The molecule has 8 heteroatoms. The molecule has 0 N–H and O–H groups in total. The predicted molar refractivity (Wildman–Crippen MR) is 130 cm³/mol. The molecule has 0 bridgehead atoms. The van der Waals surface area contributed by atoms with Crippen molar-refractivity contribution in [3.8, 4) is 11.6 Å². The summed E-state index contributed by atoms with van der Waals surface area (Å²) in [6, 6.07) is 12.0. The average Bonchev–Trinajstić information content (AvgIpc) is 3.32. The quantitative estimate of drug-likeness (QED) is 0.577. The van der Waals surface area contributed by atoms with Crippen molar-refractivity contribution in [2.75, 3.05) is 44.7 Å². The van der Waals surface area contributed by atoms with Gasteiger partial charge in [0.15, 0.2) is 0 Å². The van der Waals surface area contributed by atoms with Crippen LogP contribution >= 0.6 is 11.3 Å². The van der Waals surface area contributed by atoms with Gasteiger partial charge in [0, 0.05) is 44.0 Å². The van der Waals surface area contributed by atoms with E-state index in [9.17, 15) is 4.79 Å². The molecule has 4 heterocycles. The summed E-state index contributed by atoms with van der Waals surface area (Å²) in [6.07, 6.45) is 1.14. The van der Waals surface area contributed by atoms with Gasteiger partial charge in [0.25, 0.3) is 0 Å². The van der Waals surface area contributed by atoms with E-state index in [2.05, 4.69) is 16.8 Å². The summed E-state index contributed by atoms with van der Waals surface area (Å²) in [7, 11) is 2.14. The first-order valence-corrected chi connectivity index (χ1v) is 12.3. The summed E-state index contributed by atoms with van der Waals surface area (Å²) in [5, 5.41) is 2.01. The Morgan fingerprint density at radius 2 is 1.94 bits per heavy atom. The molecule has 0 spiro atoms. The van der Waals surface area contributed by atoms with Gasteiger partial charge in [-0.15, -0.1) is 11.3 Å². The number of benzene rings is 1. The Morgan fingerprint density at radius 3 is 2.70 bits per heavy atom. The molecule has 0 saturated carbocycles. The van der Waals surface area contributed by atoms with Crippen LogP contribution in [0.15, 0.2) is 41.8 Å². The molecule has 7 nitrogen and oxygen atoms in total. The predicted octanol–water partition coefficient (Wildman–Crippen LogP) is 3.52. The van der Waals surface area contributed by atoms with Crippen LogP contribution < -0.4 is 9.64 Å². The summed E-state index contributed by atoms with van der Waals surface area (Å²) in [5.74, 6) is 2.17. The third kappa shape index (κ3) is 5.02. The number of ether oxygens (including phenoxy) is 1. The molecule has 172 valence electrons. The van der Waals surface area contributed by atoms with Crippen molar-refractivity contribution >= 4 is 23.2 Å². The number of carbonyl (C=O) groups is 1. The van der Waals surface area contributed by atoms with Crippen molar-refractivity contribution in [2.24, 2.45) is 0 Å². The number of hydrogen-bond acceptors (Lipinski definition) is 7. The highest BCUT2D eigenvalue weighted by Crippen LogP contribution is 2.32. The molecule has 2 aromatic heterocycles. The fourth-order valence-electron chi connectivity index (χ4n) is 4.28. The van der Waals surface area contributed by atoms with Gasteiger partial charge in [0.2, 0.25) is 17.7 Å². The molecule has 0 atom stereocenters. The van der Waals surface area contributed by atoms with Gasteiger partial charge in [-0.2, -0.15) is 4.98 Å². The Hall–Kier alpha value is -2.97. The molecule has 1 fully saturated rings. The second-order valence-electron chi connectivity index (χ2n) is 8.78. The normalized spacial score (nSPS) is 16.5. The Balaban J connectivity index is 1.44. The Labute approximate surface area is 198 Å². The van der Waals surface area contributed by atoms with Gasteiger partial charge in [0.05, 0.1) is 24.2 Å². The molecule has 0 radical (unpaired) electrons. The molecule has 1 aromatic carbocycles. The first-order chi connectivity index (χ1) is 16.0. The van der Waals surface area contributed by atoms with E-state index in [1.54, 1.807) is 11.3 Å². The minimum Gasteiger partial charge on any atom is -0.438 e. The lowest BCUT2D eigenvalue weighted by Gasteiger charge is -2.34. The molecule has 0 aliphatic carbocycles. The highest BCUT2D eigenvalue weighted by Gasteiger charge is 2.28. The van der Waals surface area contributed by atoms with E-state index in [0.717, 1.165) is 59.6 Å². The van der Waals surface area contributed by atoms with Crippen LogP contribution in [0.3, 0.4) is 0 Å². The van der Waals surface area contributed by atoms with Crippen molar-refractivity contribution < 1.29 is 9.53 Å². The van der Waals surface area contributed by atoms with E-state index in [1.807, 2.05) is 53.6 Å². The Bertz CT molecular complexity index is 1130. The highest BCUT2D eigenvalue weighted by atomic mass is 32.1. The first-order valence-electron chi connectivity index (χ1n) is 11.4. The SMILES string of the molecule is Cc1cccc(Oc2nc(N3CCN(C)CC3)nc3c2CN(C(=O)Cc2cccs2)CC3)c1. The molecule has 1 saturated heterocycles. The minimum absolute atomic E-state index is 0.132. The number of fused-ring (bicyclic) bond motifs is 1. The fraction of sp³-hybridized carbons (Fsp3) is 0.400. The minimum atomic E-state index is 0.132. The van der Waals surface area contributed by atoms with Gasteiger partial charge < -0.3 is 19.4 Å². The van der Waals surface area contributed by atoms with Crippen molar-refractivity contribution in [1.29, 1.82) is 0 Å². The topological polar surface area (TPSA) is 61.8 Å². The van der Waals surface area contributed by atoms with E-state index in [4.69, 9.17) is 14.7 Å². The lowest BCUT2D eigenvalue weighted by Crippen LogP contribution is -2.45. The standard InChI is InChI=1S/C25H29N5O2S/c1-18-5-3-6-19(15-18)32-24-21-17-30(23(31)16-20-7-4-14-33-20)9-8-22(21)26-25(27-24)29-12-10-28(2)11-13-29/h3-7,14-15H,8-13,16-17H2,1-2H3. The van der Waals surface area contributed by atoms with Crippen LogP contribution in [0.4, 0.5) is 5.95 Å². The smallest absolute Gasteiger partial charge is 0.229 e. The second-order valence-corrected chi connectivity index (χ2v) is 9.82. The Morgan fingerprint density at radius 1 is 1.09 bits per heavy atom. The van der Waals surface area contributed by atoms with Gasteiger partial charge >= 0.3 is 0 Å². The van der Waals surface area contributed by atoms with Crippen LogP contribution in [0.5, 0.6) is 11.6 Å². The number of aryl methyl sites for hydroxylation is 1. The molecular weight excluding hydrogens is 434 g/mol. The van der Waals surface area contributed by atoms with Crippen LogP contribution in [0.25, 0.3) is 0 Å². The number of hydrogen-bond donors (Lipinski definition) is 0. The van der Waals surface area contributed by atoms with Crippen molar-refractivity contribution in [3.63, 3.8) is 0 Å². The lowest BCUT2D eigenvalue weighted by molar-refractivity contribution is -0.131. The maximum atomic E-state index is 13.0. The number of thiophene rings is 1. The largest absolute Gasteiger partial charge is 0.438 e. The molecule has 1 amide bonds. The van der Waals surface area contributed by atoms with Crippen LogP contribution in [0.1, 0.15) is 21.7 Å². The van der Waals surface area contributed by atoms with E-state index < -0.39 is 0 Å². The lowest BCUT2D eigenvalue weighted by atomic mass is 10.1. The van der Waals surface area contributed by atoms with Crippen LogP contribution in [-0.4, -0.2) is 65.4 Å². The zero-order valence-corrected chi connectivity index (χ0v) is 20.0. The molecular formula is C25H29N5O2S. The maximum Gasteiger partial charge on any atom is 0.229 e. The van der Waals surface area contributed by atoms with Crippen LogP contribution in [0.2, 0.25) is 0 Å². The molecule has 33 heavy (non-hydrogen) atoms. The van der Waals surface area contributed by atoms with Crippen molar-refractivity contribution in [3.05, 3.63) is 63.5 Å². The number of likely N-dealkylation sites (N-methyl/N-ethyl adjacent to an activating group) is 1. The van der Waals surface area contributed by atoms with Gasteiger partial charge in [0.1, 0.15) is 5.75 Å². The first kappa shape index (κ1) is 21.9. The number of anilines is 1. The molecule has 5 rings (SSSR count). The number of nitrogens with zero attached hydrogens (tertiary/aromatic N) is 5. The third-order valence-electron chi connectivity index (χ3n) is 6.26. The monoisotopic (exact) mass is 463 g/mol. The summed E-state index contributed by atoms with van der Waals surface area (Å²) in [5.41, 5.74) is 3.03. The number of carbonyl (C=O) groups excluding carboxylic acids is 1. The average molecular weight is 464 g/mol. The molecule has 2 aliphatic heterocycles. The summed E-state index contributed by atoms with van der Waals surface area (Å²) >= 11 is 1.62. The van der Waals surface area contributed by atoms with Gasteiger partial charge in [-0.1, -0.05) is 18.2 Å². The van der Waals surface area contributed by atoms with Gasteiger partial charge in [-0.25, -0.2) is 4.98 Å². The maximum absolute atomic E-state index is 13.0. The van der Waals surface area contributed by atoms with E-state index in [-0.39, 0.29) is 5.91 Å². The van der Waals surface area contributed by atoms with Crippen molar-refractivity contribution in [1.82, 2.24) is 19.8 Å². The summed E-state index contributed by atoms with van der Waals surface area (Å²) < 4.78 is 6.32. The molecule has 0 unspecified atom stereocenters. The number of amides is 1. The van der Waals surface area contributed by atoms with E-state index >= 15 is 0 Å². The van der Waals surface area contributed by atoms with Crippen molar-refractivity contribution in [2.45, 2.75) is 26.3 Å². The number of rotatable bonds is 5. The Kier molecular flexibility index (Phi) is 6.28. The van der Waals surface area contributed by atoms with E-state index in [0.29, 0.717) is 31.8 Å². The van der Waals surface area contributed by atoms with Gasteiger partial charge in [-0.3, -0.25) is 4.79 Å². The van der Waals surface area contributed by atoms with Crippen LogP contribution in [-0.2, 0) is 24.2 Å². The molecule has 3 aromatic rings. The van der Waals surface area contributed by atoms with Gasteiger partial charge in [-0.05, 0) is 43.1 Å². The highest BCUT2D eigenvalue weighted by molar-refractivity contribution is 7.10. The number of piperazine rings is 1. The molecule has 2 aliphatic rings. The zero-order chi connectivity index (χ0) is 22.8. The second kappa shape index (κ2) is 9.49. The number of aromatic nitrogens is 2. The van der Waals surface area contributed by atoms with Crippen LogP contribution in [0, 0.1) is 6.92 Å². The third-order valence-corrected chi connectivity index (χ3v) is 7.14. The van der Waals surface area contributed by atoms with E-state index in [1.165, 1.54) is 0 Å². The zero-order valence-electron chi connectivity index (χ0n) is 19.2. The summed E-state index contributed by atoms with van der Waals surface area (Å²) in [4.78, 5) is 30.3. The summed E-state index contributed by atoms with van der Waals surface area (Å²) in [6.45, 7) is 6.95.